The van der Waals surface area contributed by atoms with Gasteiger partial charge in [0.1, 0.15) is 10.0 Å². The first-order chi connectivity index (χ1) is 9.32. The largest absolute Gasteiger partial charge is 0.305 e. The van der Waals surface area contributed by atoms with Gasteiger partial charge in [0.15, 0.2) is 0 Å². The summed E-state index contributed by atoms with van der Waals surface area (Å²) in [5.41, 5.74) is 0. The van der Waals surface area contributed by atoms with Gasteiger partial charge in [0.05, 0.1) is 0 Å². The van der Waals surface area contributed by atoms with Crippen LogP contribution in [-0.2, 0) is 10.0 Å². The van der Waals surface area contributed by atoms with E-state index in [9.17, 15) is 8.42 Å². The molecule has 0 amide bonds. The fourth-order valence-electron chi connectivity index (χ4n) is 2.37. The van der Waals surface area contributed by atoms with E-state index in [0.29, 0.717) is 4.47 Å². The summed E-state index contributed by atoms with van der Waals surface area (Å²) in [7, 11) is -0.0252. The van der Waals surface area contributed by atoms with Crippen LogP contribution >= 0.6 is 27.5 Å². The molecule has 1 aliphatic rings. The van der Waals surface area contributed by atoms with E-state index in [1.165, 1.54) is 16.6 Å². The molecule has 2 heterocycles. The molecule has 0 aliphatic carbocycles. The Bertz CT molecular complexity index is 596. The second-order valence-corrected chi connectivity index (χ2v) is 8.26. The normalized spacial score (nSPS) is 21.4. The molecule has 20 heavy (non-hydrogen) atoms. The Morgan fingerprint density at radius 2 is 2.25 bits per heavy atom. The lowest BCUT2D eigenvalue weighted by atomic mass is 10.1. The Kier molecular flexibility index (Phi) is 5.07. The molecule has 5 nitrogen and oxygen atoms in total. The lowest BCUT2D eigenvalue weighted by molar-refractivity contribution is 0.187. The molecule has 0 saturated carbocycles. The topological polar surface area (TPSA) is 53.5 Å². The van der Waals surface area contributed by atoms with Crippen molar-refractivity contribution in [2.75, 3.05) is 27.2 Å². The van der Waals surface area contributed by atoms with Gasteiger partial charge in [-0.1, -0.05) is 11.6 Å². The Morgan fingerprint density at radius 1 is 1.55 bits per heavy atom. The van der Waals surface area contributed by atoms with Crippen LogP contribution in [0.4, 0.5) is 0 Å². The summed E-state index contributed by atoms with van der Waals surface area (Å²) < 4.78 is 27.4. The summed E-state index contributed by atoms with van der Waals surface area (Å²) in [6.45, 7) is 1.73. The monoisotopic (exact) mass is 381 g/mol. The highest BCUT2D eigenvalue weighted by Crippen LogP contribution is 2.27. The van der Waals surface area contributed by atoms with E-state index in [4.69, 9.17) is 11.6 Å². The molecule has 1 fully saturated rings. The average Bonchev–Trinajstić information content (AvgIpc) is 2.40. The summed E-state index contributed by atoms with van der Waals surface area (Å²) >= 11 is 9.18. The number of likely N-dealkylation sites (tertiary alicyclic amines) is 1. The third-order valence-electron chi connectivity index (χ3n) is 3.54. The summed E-state index contributed by atoms with van der Waals surface area (Å²) in [5, 5.41) is 0.00390. The molecule has 0 spiro atoms. The van der Waals surface area contributed by atoms with Crippen molar-refractivity contribution < 1.29 is 8.42 Å². The molecule has 8 heteroatoms. The molecule has 0 N–H and O–H groups in total. The quantitative estimate of drug-likeness (QED) is 0.752. The molecule has 1 saturated heterocycles. The molecule has 0 radical (unpaired) electrons. The fraction of sp³-hybridized carbons (Fsp3) is 0.583. The van der Waals surface area contributed by atoms with Crippen LogP contribution in [0.1, 0.15) is 12.8 Å². The van der Waals surface area contributed by atoms with E-state index in [1.54, 1.807) is 7.05 Å². The Morgan fingerprint density at radius 3 is 2.90 bits per heavy atom. The van der Waals surface area contributed by atoms with Crippen LogP contribution < -0.4 is 0 Å². The van der Waals surface area contributed by atoms with Crippen molar-refractivity contribution in [3.8, 4) is 0 Å². The van der Waals surface area contributed by atoms with E-state index in [1.807, 2.05) is 7.05 Å². The first-order valence-corrected chi connectivity index (χ1v) is 8.91. The van der Waals surface area contributed by atoms with Gasteiger partial charge >= 0.3 is 0 Å². The maximum Gasteiger partial charge on any atom is 0.246 e. The highest BCUT2D eigenvalue weighted by molar-refractivity contribution is 9.10. The minimum atomic E-state index is -3.63. The van der Waals surface area contributed by atoms with E-state index >= 15 is 0 Å². The van der Waals surface area contributed by atoms with Crippen molar-refractivity contribution in [1.82, 2.24) is 14.2 Å². The highest BCUT2D eigenvalue weighted by atomic mass is 79.9. The van der Waals surface area contributed by atoms with Gasteiger partial charge in [-0.3, -0.25) is 0 Å². The molecule has 1 aromatic rings. The maximum absolute atomic E-state index is 12.7. The van der Waals surface area contributed by atoms with Crippen molar-refractivity contribution in [2.24, 2.45) is 0 Å². The predicted molar refractivity (Wildman–Crippen MR) is 82.4 cm³/mol. The Hall–Kier alpha value is -0.210. The van der Waals surface area contributed by atoms with Crippen LogP contribution in [-0.4, -0.2) is 55.8 Å². The molecule has 0 aromatic carbocycles. The van der Waals surface area contributed by atoms with Gasteiger partial charge in [0, 0.05) is 30.3 Å². The minimum Gasteiger partial charge on any atom is -0.305 e. The Labute approximate surface area is 133 Å². The Balaban J connectivity index is 2.31. The average molecular weight is 383 g/mol. The van der Waals surface area contributed by atoms with Gasteiger partial charge in [0.2, 0.25) is 10.0 Å². The third kappa shape index (κ3) is 3.33. The van der Waals surface area contributed by atoms with Gasteiger partial charge in [-0.15, -0.1) is 0 Å². The standard InChI is InChI=1S/C12H17BrClN3O2S/c1-16-5-3-4-10(8-16)17(2)20(18,19)11-6-9(13)7-15-12(11)14/h6-7,10H,3-5,8H2,1-2H3. The van der Waals surface area contributed by atoms with Crippen LogP contribution in [0.3, 0.4) is 0 Å². The molecule has 112 valence electrons. The third-order valence-corrected chi connectivity index (χ3v) is 6.31. The van der Waals surface area contributed by atoms with Crippen LogP contribution in [0.25, 0.3) is 0 Å². The van der Waals surface area contributed by atoms with E-state index in [0.717, 1.165) is 25.9 Å². The van der Waals surface area contributed by atoms with Gasteiger partial charge in [-0.25, -0.2) is 13.4 Å². The number of hydrogen-bond donors (Lipinski definition) is 0. The minimum absolute atomic E-state index is 0.00390. The number of nitrogens with zero attached hydrogens (tertiary/aromatic N) is 3. The van der Waals surface area contributed by atoms with Crippen LogP contribution in [0.5, 0.6) is 0 Å². The molecule has 0 bridgehead atoms. The lowest BCUT2D eigenvalue weighted by Gasteiger charge is -2.35. The van der Waals surface area contributed by atoms with Crippen molar-refractivity contribution in [2.45, 2.75) is 23.8 Å². The predicted octanol–water partition coefficient (Wildman–Crippen LogP) is 2.21. The van der Waals surface area contributed by atoms with Gasteiger partial charge in [-0.2, -0.15) is 4.31 Å². The zero-order chi connectivity index (χ0) is 14.9. The van der Waals surface area contributed by atoms with Crippen molar-refractivity contribution in [3.63, 3.8) is 0 Å². The first-order valence-electron chi connectivity index (χ1n) is 6.30. The van der Waals surface area contributed by atoms with Gasteiger partial charge in [-0.05, 0) is 48.4 Å². The number of sulfonamides is 1. The number of likely N-dealkylation sites (N-methyl/N-ethyl adjacent to an activating group) is 2. The van der Waals surface area contributed by atoms with Crippen LogP contribution in [0.2, 0.25) is 5.15 Å². The lowest BCUT2D eigenvalue weighted by Crippen LogP contribution is -2.47. The number of piperidine rings is 1. The highest BCUT2D eigenvalue weighted by Gasteiger charge is 2.32. The summed E-state index contributed by atoms with van der Waals surface area (Å²) in [6, 6.07) is 1.46. The molecular weight excluding hydrogens is 366 g/mol. The molecule has 2 rings (SSSR count). The second kappa shape index (κ2) is 6.27. The fourth-order valence-corrected chi connectivity index (χ4v) is 4.67. The second-order valence-electron chi connectivity index (χ2n) is 5.02. The first kappa shape index (κ1) is 16.2. The summed E-state index contributed by atoms with van der Waals surface area (Å²) in [6.07, 6.45) is 3.33. The number of pyridine rings is 1. The summed E-state index contributed by atoms with van der Waals surface area (Å²) in [4.78, 5) is 6.08. The summed E-state index contributed by atoms with van der Waals surface area (Å²) in [5.74, 6) is 0. The number of aromatic nitrogens is 1. The molecule has 1 atom stereocenters. The van der Waals surface area contributed by atoms with E-state index < -0.39 is 10.0 Å². The number of hydrogen-bond acceptors (Lipinski definition) is 4. The van der Waals surface area contributed by atoms with Crippen molar-refractivity contribution in [1.29, 1.82) is 0 Å². The SMILES string of the molecule is CN1CCCC(N(C)S(=O)(=O)c2cc(Br)cnc2Cl)C1. The smallest absolute Gasteiger partial charge is 0.246 e. The van der Waals surface area contributed by atoms with Gasteiger partial charge < -0.3 is 4.90 Å². The zero-order valence-corrected chi connectivity index (χ0v) is 14.5. The van der Waals surface area contributed by atoms with E-state index in [2.05, 4.69) is 25.8 Å². The van der Waals surface area contributed by atoms with E-state index in [-0.39, 0.29) is 16.1 Å². The molecule has 1 aliphatic heterocycles. The van der Waals surface area contributed by atoms with Crippen molar-refractivity contribution in [3.05, 3.63) is 21.9 Å². The maximum atomic E-state index is 12.7. The van der Waals surface area contributed by atoms with Crippen molar-refractivity contribution >= 4 is 37.6 Å². The number of halogens is 2. The van der Waals surface area contributed by atoms with Gasteiger partial charge in [0.25, 0.3) is 0 Å². The zero-order valence-electron chi connectivity index (χ0n) is 11.4. The van der Waals surface area contributed by atoms with Crippen LogP contribution in [0.15, 0.2) is 21.6 Å². The molecule has 1 unspecified atom stereocenters. The molecular formula is C12H17BrClN3O2S. The van der Waals surface area contributed by atoms with Crippen LogP contribution in [0, 0.1) is 0 Å². The molecule has 1 aromatic heterocycles. The number of rotatable bonds is 3.